The average Bonchev–Trinajstić information content (AvgIpc) is 3.26. The van der Waals surface area contributed by atoms with Gasteiger partial charge in [-0.05, 0) is 55.5 Å². The summed E-state index contributed by atoms with van der Waals surface area (Å²) in [7, 11) is 0. The molecule has 2 amide bonds. The number of halogens is 2. The van der Waals surface area contributed by atoms with Crippen LogP contribution in [0.3, 0.4) is 0 Å². The first-order valence-electron chi connectivity index (χ1n) is 11.0. The summed E-state index contributed by atoms with van der Waals surface area (Å²) in [5.41, 5.74) is 2.55. The molecule has 8 nitrogen and oxygen atoms in total. The Balaban J connectivity index is 1.39. The molecule has 0 bridgehead atoms. The van der Waals surface area contributed by atoms with E-state index in [2.05, 4.69) is 26.6 Å². The second kappa shape index (κ2) is 8.39. The van der Waals surface area contributed by atoms with Crippen molar-refractivity contribution in [3.63, 3.8) is 0 Å². The molecule has 1 aromatic heterocycles. The van der Waals surface area contributed by atoms with Crippen molar-refractivity contribution in [2.45, 2.75) is 38.7 Å². The second-order valence-electron chi connectivity index (χ2n) is 8.82. The van der Waals surface area contributed by atoms with Gasteiger partial charge >= 0.3 is 6.09 Å². The van der Waals surface area contributed by atoms with Gasteiger partial charge in [0.05, 0.1) is 22.8 Å². The SMILES string of the molecule is Cc1ccc(Cc2nc(C(=O)N3CCC[C@@]4(C3)OC(=O)Nc3ccc(Cl)c(F)c34)n[nH]2)cc1C. The van der Waals surface area contributed by atoms with Gasteiger partial charge in [0.15, 0.2) is 11.4 Å². The molecule has 1 atom stereocenters. The highest BCUT2D eigenvalue weighted by molar-refractivity contribution is 6.31. The maximum absolute atomic E-state index is 15.1. The van der Waals surface area contributed by atoms with Crippen LogP contribution in [0.1, 0.15) is 51.5 Å². The minimum absolute atomic E-state index is 0.0166. The highest BCUT2D eigenvalue weighted by Crippen LogP contribution is 2.45. The molecular formula is C24H23ClFN5O3. The third-order valence-corrected chi connectivity index (χ3v) is 6.78. The molecule has 0 saturated carbocycles. The van der Waals surface area contributed by atoms with E-state index >= 15 is 4.39 Å². The number of anilines is 1. The Hall–Kier alpha value is -3.46. The second-order valence-corrected chi connectivity index (χ2v) is 9.23. The van der Waals surface area contributed by atoms with Gasteiger partial charge in [0.2, 0.25) is 5.82 Å². The van der Waals surface area contributed by atoms with Gasteiger partial charge < -0.3 is 9.64 Å². The first-order chi connectivity index (χ1) is 16.3. The minimum atomic E-state index is -1.33. The maximum atomic E-state index is 15.1. The largest absolute Gasteiger partial charge is 0.436 e. The van der Waals surface area contributed by atoms with Gasteiger partial charge in [0.1, 0.15) is 5.82 Å². The molecule has 2 aliphatic rings. The summed E-state index contributed by atoms with van der Waals surface area (Å²) in [6.07, 6.45) is 0.674. The maximum Gasteiger partial charge on any atom is 0.412 e. The van der Waals surface area contributed by atoms with Crippen LogP contribution in [0.4, 0.5) is 14.9 Å². The lowest BCUT2D eigenvalue weighted by molar-refractivity contribution is -0.0420. The van der Waals surface area contributed by atoms with Gasteiger partial charge in [0.25, 0.3) is 5.91 Å². The summed E-state index contributed by atoms with van der Waals surface area (Å²) in [5.74, 6) is -0.500. The van der Waals surface area contributed by atoms with Crippen molar-refractivity contribution in [1.29, 1.82) is 0 Å². The van der Waals surface area contributed by atoms with Gasteiger partial charge in [-0.1, -0.05) is 29.8 Å². The van der Waals surface area contributed by atoms with E-state index in [1.54, 1.807) is 0 Å². The number of hydrogen-bond acceptors (Lipinski definition) is 5. The molecule has 2 aromatic carbocycles. The van der Waals surface area contributed by atoms with Gasteiger partial charge in [-0.15, -0.1) is 5.10 Å². The first-order valence-corrected chi connectivity index (χ1v) is 11.4. The van der Waals surface area contributed by atoms with Crippen molar-refractivity contribution in [3.8, 4) is 0 Å². The number of likely N-dealkylation sites (tertiary alicyclic amines) is 1. The molecule has 0 aliphatic carbocycles. The van der Waals surface area contributed by atoms with Crippen molar-refractivity contribution < 1.29 is 18.7 Å². The molecule has 10 heteroatoms. The molecule has 1 saturated heterocycles. The van der Waals surface area contributed by atoms with Crippen molar-refractivity contribution >= 4 is 29.3 Å². The Morgan fingerprint density at radius 2 is 2.09 bits per heavy atom. The van der Waals surface area contributed by atoms with Gasteiger partial charge in [0, 0.05) is 13.0 Å². The van der Waals surface area contributed by atoms with Crippen LogP contribution in [0, 0.1) is 19.7 Å². The number of carbonyl (C=O) groups excluding carboxylic acids is 2. The fourth-order valence-electron chi connectivity index (χ4n) is 4.67. The topological polar surface area (TPSA) is 100 Å². The Kier molecular flexibility index (Phi) is 5.51. The lowest BCUT2D eigenvalue weighted by Crippen LogP contribution is -2.53. The molecule has 3 aromatic rings. The fraction of sp³-hybridized carbons (Fsp3) is 0.333. The van der Waals surface area contributed by atoms with Crippen LogP contribution in [0.25, 0.3) is 0 Å². The summed E-state index contributed by atoms with van der Waals surface area (Å²) in [6.45, 7) is 4.48. The van der Waals surface area contributed by atoms with E-state index in [0.29, 0.717) is 37.3 Å². The Bertz CT molecular complexity index is 1310. The molecule has 2 aliphatic heterocycles. The highest BCUT2D eigenvalue weighted by Gasteiger charge is 2.49. The molecule has 1 fully saturated rings. The number of aromatic amines is 1. The van der Waals surface area contributed by atoms with Crippen LogP contribution in [-0.4, -0.2) is 45.2 Å². The molecule has 176 valence electrons. The minimum Gasteiger partial charge on any atom is -0.436 e. The summed E-state index contributed by atoms with van der Waals surface area (Å²) in [6, 6.07) is 9.06. The summed E-state index contributed by atoms with van der Waals surface area (Å²) in [4.78, 5) is 31.4. The fourth-order valence-corrected chi connectivity index (χ4v) is 4.82. The molecule has 0 radical (unpaired) electrons. The van der Waals surface area contributed by atoms with E-state index < -0.39 is 23.4 Å². The van der Waals surface area contributed by atoms with Gasteiger partial charge in [-0.2, -0.15) is 0 Å². The standard InChI is InChI=1S/C24H23ClFN5O3/c1-13-4-5-15(10-14(13)2)11-18-28-21(30-29-18)22(32)31-9-3-8-24(12-31)19-17(27-23(33)34-24)7-6-16(25)20(19)26/h4-7,10H,3,8-9,11-12H2,1-2H3,(H,27,33)(H,28,29,30)/t24-/m0/s1. The molecule has 5 rings (SSSR count). The van der Waals surface area contributed by atoms with Crippen molar-refractivity contribution in [2.75, 3.05) is 18.4 Å². The molecule has 34 heavy (non-hydrogen) atoms. The number of carbonyl (C=O) groups is 2. The van der Waals surface area contributed by atoms with Crippen molar-refractivity contribution in [3.05, 3.63) is 75.1 Å². The molecule has 1 spiro atoms. The Labute approximate surface area is 200 Å². The van der Waals surface area contributed by atoms with Crippen LogP contribution in [0.5, 0.6) is 0 Å². The lowest BCUT2D eigenvalue weighted by atomic mass is 9.83. The predicted molar refractivity (Wildman–Crippen MR) is 123 cm³/mol. The number of aromatic nitrogens is 3. The van der Waals surface area contributed by atoms with E-state index in [4.69, 9.17) is 16.3 Å². The van der Waals surface area contributed by atoms with Crippen LogP contribution >= 0.6 is 11.6 Å². The summed E-state index contributed by atoms with van der Waals surface area (Å²) < 4.78 is 20.7. The molecule has 0 unspecified atom stereocenters. The molecule has 3 heterocycles. The van der Waals surface area contributed by atoms with E-state index in [1.807, 2.05) is 26.0 Å². The van der Waals surface area contributed by atoms with Crippen molar-refractivity contribution in [1.82, 2.24) is 20.1 Å². The number of piperidine rings is 1. The third kappa shape index (κ3) is 3.90. The van der Waals surface area contributed by atoms with E-state index in [-0.39, 0.29) is 23.0 Å². The average molecular weight is 484 g/mol. The monoisotopic (exact) mass is 483 g/mol. The smallest absolute Gasteiger partial charge is 0.412 e. The first kappa shape index (κ1) is 22.3. The number of aryl methyl sites for hydroxylation is 2. The van der Waals surface area contributed by atoms with Crippen LogP contribution in [-0.2, 0) is 16.8 Å². The van der Waals surface area contributed by atoms with Crippen LogP contribution in [0.15, 0.2) is 30.3 Å². The number of benzene rings is 2. The number of hydrogen-bond donors (Lipinski definition) is 2. The van der Waals surface area contributed by atoms with Crippen molar-refractivity contribution in [2.24, 2.45) is 0 Å². The normalized spacial score (nSPS) is 19.5. The zero-order valence-electron chi connectivity index (χ0n) is 18.7. The number of ether oxygens (including phenoxy) is 1. The number of nitrogens with one attached hydrogen (secondary N) is 2. The van der Waals surface area contributed by atoms with Crippen LogP contribution < -0.4 is 5.32 Å². The molecular weight excluding hydrogens is 461 g/mol. The third-order valence-electron chi connectivity index (χ3n) is 6.48. The van der Waals surface area contributed by atoms with Gasteiger partial charge in [-0.3, -0.25) is 15.2 Å². The van der Waals surface area contributed by atoms with E-state index in [1.165, 1.54) is 28.2 Å². The number of H-pyrrole nitrogens is 1. The van der Waals surface area contributed by atoms with Gasteiger partial charge in [-0.25, -0.2) is 14.2 Å². The Morgan fingerprint density at radius 3 is 2.88 bits per heavy atom. The Morgan fingerprint density at radius 1 is 1.26 bits per heavy atom. The number of fused-ring (bicyclic) bond motifs is 2. The van der Waals surface area contributed by atoms with E-state index in [9.17, 15) is 9.59 Å². The van der Waals surface area contributed by atoms with Crippen LogP contribution in [0.2, 0.25) is 5.02 Å². The summed E-state index contributed by atoms with van der Waals surface area (Å²) >= 11 is 6.02. The number of nitrogens with zero attached hydrogens (tertiary/aromatic N) is 3. The molecule has 2 N–H and O–H groups in total. The predicted octanol–water partition coefficient (Wildman–Crippen LogP) is 4.50. The quantitative estimate of drug-likeness (QED) is 0.571. The highest BCUT2D eigenvalue weighted by atomic mass is 35.5. The van der Waals surface area contributed by atoms with E-state index in [0.717, 1.165) is 5.56 Å². The lowest BCUT2D eigenvalue weighted by Gasteiger charge is -2.44. The number of rotatable bonds is 3. The number of amides is 2. The zero-order chi connectivity index (χ0) is 24.0. The zero-order valence-corrected chi connectivity index (χ0v) is 19.5. The summed E-state index contributed by atoms with van der Waals surface area (Å²) in [5, 5.41) is 9.39.